The number of allylic oxidation sites excluding steroid dienone is 1. The standard InChI is InChI=1S/C28H46O2/c1-18(2)26(29)12-7-19(3)23-10-11-24-22-9-8-20-17-21(30-6)13-15-27(20,4)25(22)14-16-28(23,24)5/h8,18-19,21-25H,7,9-17H2,1-6H3. The lowest BCUT2D eigenvalue weighted by Crippen LogP contribution is -2.51. The van der Waals surface area contributed by atoms with Crippen LogP contribution < -0.4 is 0 Å². The Bertz CT molecular complexity index is 678. The van der Waals surface area contributed by atoms with Gasteiger partial charge in [-0.3, -0.25) is 4.79 Å². The number of Topliss-reactive ketones (excluding diaryl/α,β-unsaturated/α-hetero) is 1. The molecule has 0 heterocycles. The van der Waals surface area contributed by atoms with E-state index in [0.29, 0.717) is 28.6 Å². The van der Waals surface area contributed by atoms with Crippen LogP contribution in [0.5, 0.6) is 0 Å². The number of carbonyl (C=O) groups excluding carboxylic acids is 1. The fourth-order valence-electron chi connectivity index (χ4n) is 8.66. The van der Waals surface area contributed by atoms with Crippen molar-refractivity contribution in [1.29, 1.82) is 0 Å². The highest BCUT2D eigenvalue weighted by atomic mass is 16.5. The zero-order chi connectivity index (χ0) is 21.7. The summed E-state index contributed by atoms with van der Waals surface area (Å²) < 4.78 is 5.74. The molecule has 0 amide bonds. The number of rotatable bonds is 6. The summed E-state index contributed by atoms with van der Waals surface area (Å²) in [5, 5.41) is 0. The molecule has 8 atom stereocenters. The van der Waals surface area contributed by atoms with Gasteiger partial charge in [-0.2, -0.15) is 0 Å². The molecular formula is C28H46O2. The Hall–Kier alpha value is -0.630. The normalized spacial score (nSPS) is 44.1. The molecule has 2 heteroatoms. The summed E-state index contributed by atoms with van der Waals surface area (Å²) in [6.45, 7) is 11.8. The molecule has 4 aliphatic carbocycles. The third-order valence-electron chi connectivity index (χ3n) is 10.6. The van der Waals surface area contributed by atoms with Crippen molar-refractivity contribution in [3.05, 3.63) is 11.6 Å². The first kappa shape index (κ1) is 22.6. The van der Waals surface area contributed by atoms with Gasteiger partial charge in [-0.15, -0.1) is 0 Å². The van der Waals surface area contributed by atoms with Gasteiger partial charge in [-0.1, -0.05) is 46.3 Å². The number of ether oxygens (including phenoxy) is 1. The molecule has 0 aromatic heterocycles. The third kappa shape index (κ3) is 3.63. The lowest BCUT2D eigenvalue weighted by Gasteiger charge is -2.58. The number of hydrogen-bond acceptors (Lipinski definition) is 2. The quantitative estimate of drug-likeness (QED) is 0.429. The molecule has 0 spiro atoms. The molecule has 30 heavy (non-hydrogen) atoms. The predicted molar refractivity (Wildman–Crippen MR) is 124 cm³/mol. The van der Waals surface area contributed by atoms with Crippen LogP contribution in [-0.2, 0) is 9.53 Å². The number of hydrogen-bond donors (Lipinski definition) is 0. The average molecular weight is 415 g/mol. The van der Waals surface area contributed by atoms with Crippen molar-refractivity contribution in [3.63, 3.8) is 0 Å². The average Bonchev–Trinajstić information content (AvgIpc) is 3.08. The van der Waals surface area contributed by atoms with Crippen LogP contribution >= 0.6 is 0 Å². The summed E-state index contributed by atoms with van der Waals surface area (Å²) in [6.07, 6.45) is 15.6. The maximum Gasteiger partial charge on any atom is 0.135 e. The van der Waals surface area contributed by atoms with Gasteiger partial charge in [0.15, 0.2) is 0 Å². The van der Waals surface area contributed by atoms with Crippen molar-refractivity contribution in [2.45, 2.75) is 105 Å². The second kappa shape index (κ2) is 8.38. The maximum atomic E-state index is 12.2. The highest BCUT2D eigenvalue weighted by molar-refractivity contribution is 5.80. The van der Waals surface area contributed by atoms with Crippen molar-refractivity contribution >= 4 is 5.78 Å². The number of methoxy groups -OCH3 is 1. The molecule has 8 unspecified atom stereocenters. The summed E-state index contributed by atoms with van der Waals surface area (Å²) in [6, 6.07) is 0. The number of fused-ring (bicyclic) bond motifs is 5. The van der Waals surface area contributed by atoms with E-state index in [1.165, 1.54) is 51.4 Å². The van der Waals surface area contributed by atoms with Crippen LogP contribution in [0.15, 0.2) is 11.6 Å². The summed E-state index contributed by atoms with van der Waals surface area (Å²) in [5.74, 6) is 4.79. The minimum absolute atomic E-state index is 0.191. The highest BCUT2D eigenvalue weighted by Crippen LogP contribution is 2.67. The Kier molecular flexibility index (Phi) is 6.30. The second-order valence-electron chi connectivity index (χ2n) is 12.2. The number of carbonyl (C=O) groups is 1. The van der Waals surface area contributed by atoms with E-state index in [4.69, 9.17) is 4.74 Å². The molecule has 0 saturated heterocycles. The van der Waals surface area contributed by atoms with Crippen molar-refractivity contribution in [3.8, 4) is 0 Å². The van der Waals surface area contributed by atoms with Crippen molar-refractivity contribution in [2.75, 3.05) is 7.11 Å². The Morgan fingerprint density at radius 1 is 1.10 bits per heavy atom. The van der Waals surface area contributed by atoms with Gasteiger partial charge < -0.3 is 4.74 Å². The van der Waals surface area contributed by atoms with E-state index in [-0.39, 0.29) is 5.92 Å². The molecule has 0 aliphatic heterocycles. The van der Waals surface area contributed by atoms with Crippen molar-refractivity contribution in [1.82, 2.24) is 0 Å². The monoisotopic (exact) mass is 414 g/mol. The van der Waals surface area contributed by atoms with Crippen LogP contribution in [-0.4, -0.2) is 19.0 Å². The summed E-state index contributed by atoms with van der Waals surface area (Å²) in [4.78, 5) is 12.2. The molecule has 4 aliphatic rings. The first-order chi connectivity index (χ1) is 14.2. The Morgan fingerprint density at radius 3 is 2.57 bits per heavy atom. The van der Waals surface area contributed by atoms with Gasteiger partial charge in [0.25, 0.3) is 0 Å². The van der Waals surface area contributed by atoms with Crippen LogP contribution in [0.1, 0.15) is 98.8 Å². The summed E-state index contributed by atoms with van der Waals surface area (Å²) >= 11 is 0. The Labute approximate surface area is 185 Å². The maximum absolute atomic E-state index is 12.2. The van der Waals surface area contributed by atoms with Crippen LogP contribution in [0, 0.1) is 46.3 Å². The van der Waals surface area contributed by atoms with Crippen LogP contribution in [0.2, 0.25) is 0 Å². The molecule has 0 N–H and O–H groups in total. The Morgan fingerprint density at radius 2 is 1.87 bits per heavy atom. The zero-order valence-electron chi connectivity index (χ0n) is 20.5. The largest absolute Gasteiger partial charge is 0.381 e. The fourth-order valence-corrected chi connectivity index (χ4v) is 8.66. The number of ketones is 1. The molecule has 3 fully saturated rings. The first-order valence-electron chi connectivity index (χ1n) is 13.0. The van der Waals surface area contributed by atoms with Gasteiger partial charge >= 0.3 is 0 Å². The molecule has 4 rings (SSSR count). The molecule has 0 aromatic carbocycles. The minimum atomic E-state index is 0.191. The summed E-state index contributed by atoms with van der Waals surface area (Å²) in [7, 11) is 1.89. The van der Waals surface area contributed by atoms with Crippen molar-refractivity contribution in [2.24, 2.45) is 46.3 Å². The van der Waals surface area contributed by atoms with Crippen LogP contribution in [0.3, 0.4) is 0 Å². The van der Waals surface area contributed by atoms with Gasteiger partial charge in [0, 0.05) is 19.4 Å². The van der Waals surface area contributed by atoms with Gasteiger partial charge in [-0.05, 0) is 98.2 Å². The summed E-state index contributed by atoms with van der Waals surface area (Å²) in [5.41, 5.74) is 2.64. The topological polar surface area (TPSA) is 26.3 Å². The SMILES string of the molecule is COC1CCC2(C)C(=CCC3C2CCC2(C)C(C(C)CCC(=O)C(C)C)CCC32)C1. The lowest BCUT2D eigenvalue weighted by molar-refractivity contribution is -0.122. The predicted octanol–water partition coefficient (Wildman–Crippen LogP) is 7.22. The fraction of sp³-hybridized carbons (Fsp3) is 0.893. The third-order valence-corrected chi connectivity index (χ3v) is 10.6. The van der Waals surface area contributed by atoms with Gasteiger partial charge in [-0.25, -0.2) is 0 Å². The molecule has 2 nitrogen and oxygen atoms in total. The van der Waals surface area contributed by atoms with Crippen LogP contribution in [0.4, 0.5) is 0 Å². The van der Waals surface area contributed by atoms with E-state index in [1.807, 2.05) is 21.0 Å². The van der Waals surface area contributed by atoms with E-state index >= 15 is 0 Å². The zero-order valence-corrected chi connectivity index (χ0v) is 20.5. The van der Waals surface area contributed by atoms with Gasteiger partial charge in [0.05, 0.1) is 6.10 Å². The molecule has 3 saturated carbocycles. The molecule has 170 valence electrons. The van der Waals surface area contributed by atoms with E-state index in [1.54, 1.807) is 5.57 Å². The molecule has 0 radical (unpaired) electrons. The second-order valence-corrected chi connectivity index (χ2v) is 12.2. The van der Waals surface area contributed by atoms with E-state index < -0.39 is 0 Å². The van der Waals surface area contributed by atoms with Crippen molar-refractivity contribution < 1.29 is 9.53 Å². The lowest BCUT2D eigenvalue weighted by atomic mass is 9.47. The minimum Gasteiger partial charge on any atom is -0.381 e. The van der Waals surface area contributed by atoms with Crippen LogP contribution in [0.25, 0.3) is 0 Å². The molecule has 0 bridgehead atoms. The van der Waals surface area contributed by atoms with E-state index in [2.05, 4.69) is 26.8 Å². The Balaban J connectivity index is 1.48. The highest BCUT2D eigenvalue weighted by Gasteiger charge is 2.59. The van der Waals surface area contributed by atoms with E-state index in [0.717, 1.165) is 36.5 Å². The molecule has 0 aromatic rings. The van der Waals surface area contributed by atoms with Gasteiger partial charge in [0.2, 0.25) is 0 Å². The van der Waals surface area contributed by atoms with E-state index in [9.17, 15) is 4.79 Å². The first-order valence-corrected chi connectivity index (χ1v) is 13.0. The smallest absolute Gasteiger partial charge is 0.135 e. The van der Waals surface area contributed by atoms with Gasteiger partial charge in [0.1, 0.15) is 5.78 Å². The molecular weight excluding hydrogens is 368 g/mol.